The molecule has 2 N–H and O–H groups in total. The van der Waals surface area contributed by atoms with E-state index in [1.807, 2.05) is 12.1 Å². The van der Waals surface area contributed by atoms with Crippen LogP contribution in [0.1, 0.15) is 20.3 Å². The molecule has 22 heavy (non-hydrogen) atoms. The van der Waals surface area contributed by atoms with E-state index >= 15 is 0 Å². The normalized spacial score (nSPS) is 18.6. The minimum Gasteiger partial charge on any atom is -0.495 e. The molecule has 1 heterocycles. The monoisotopic (exact) mass is 304 g/mol. The van der Waals surface area contributed by atoms with Crippen LogP contribution in [0.4, 0.5) is 5.69 Å². The molecule has 1 aromatic rings. The highest BCUT2D eigenvalue weighted by Gasteiger charge is 2.24. The molecule has 0 spiro atoms. The van der Waals surface area contributed by atoms with Crippen molar-refractivity contribution in [2.45, 2.75) is 20.3 Å². The van der Waals surface area contributed by atoms with Crippen molar-refractivity contribution in [2.75, 3.05) is 44.7 Å². The predicted molar refractivity (Wildman–Crippen MR) is 92.7 cm³/mol. The fraction of sp³-hybridized carbons (Fsp3) is 0.588. The molecule has 5 nitrogen and oxygen atoms in total. The molecule has 5 heteroatoms. The topological polar surface area (TPSA) is 54.1 Å². The summed E-state index contributed by atoms with van der Waals surface area (Å²) in [6.45, 7) is 8.87. The van der Waals surface area contributed by atoms with Gasteiger partial charge in [-0.25, -0.2) is 0 Å². The second kappa shape index (κ2) is 7.92. The molecule has 1 fully saturated rings. The number of aliphatic imine (C=N–C) groups is 1. The van der Waals surface area contributed by atoms with Crippen LogP contribution < -0.4 is 15.4 Å². The Morgan fingerprint density at radius 3 is 2.77 bits per heavy atom. The van der Waals surface area contributed by atoms with E-state index in [4.69, 9.17) is 10.5 Å². The van der Waals surface area contributed by atoms with Gasteiger partial charge in [0.25, 0.3) is 0 Å². The number of ether oxygens (including phenoxy) is 1. The van der Waals surface area contributed by atoms with Crippen molar-refractivity contribution in [2.24, 2.45) is 16.6 Å². The Morgan fingerprint density at radius 2 is 2.09 bits per heavy atom. The molecule has 1 unspecified atom stereocenters. The van der Waals surface area contributed by atoms with Crippen LogP contribution in [-0.2, 0) is 0 Å². The van der Waals surface area contributed by atoms with Gasteiger partial charge in [-0.3, -0.25) is 4.99 Å². The van der Waals surface area contributed by atoms with Crippen molar-refractivity contribution in [3.63, 3.8) is 0 Å². The Morgan fingerprint density at radius 1 is 1.36 bits per heavy atom. The maximum Gasteiger partial charge on any atom is 0.191 e. The van der Waals surface area contributed by atoms with E-state index in [1.54, 1.807) is 7.11 Å². The van der Waals surface area contributed by atoms with Crippen molar-refractivity contribution < 1.29 is 4.74 Å². The van der Waals surface area contributed by atoms with Gasteiger partial charge in [0.2, 0.25) is 0 Å². The molecule has 1 aromatic carbocycles. The van der Waals surface area contributed by atoms with E-state index in [9.17, 15) is 0 Å². The first-order valence-corrected chi connectivity index (χ1v) is 8.12. The molecule has 0 amide bonds. The SMILES string of the molecule is CCN(CC)C(N)=NCC1CCN(c2ccccc2OC)C1. The smallest absolute Gasteiger partial charge is 0.191 e. The van der Waals surface area contributed by atoms with Gasteiger partial charge in [0.05, 0.1) is 12.8 Å². The van der Waals surface area contributed by atoms with Crippen LogP contribution in [0.5, 0.6) is 5.75 Å². The number of benzene rings is 1. The molecule has 1 aliphatic rings. The lowest BCUT2D eigenvalue weighted by Gasteiger charge is -2.21. The van der Waals surface area contributed by atoms with Gasteiger partial charge in [-0.15, -0.1) is 0 Å². The summed E-state index contributed by atoms with van der Waals surface area (Å²) in [5.41, 5.74) is 7.23. The Labute approximate surface area is 133 Å². The number of para-hydroxylation sites is 2. The molecule has 1 saturated heterocycles. The number of hydrogen-bond acceptors (Lipinski definition) is 3. The molecule has 0 saturated carbocycles. The van der Waals surface area contributed by atoms with Crippen LogP contribution in [0.2, 0.25) is 0 Å². The van der Waals surface area contributed by atoms with Crippen LogP contribution in [0.25, 0.3) is 0 Å². The fourth-order valence-electron chi connectivity index (χ4n) is 2.96. The van der Waals surface area contributed by atoms with Crippen LogP contribution in [-0.4, -0.2) is 50.7 Å². The maximum absolute atomic E-state index is 6.05. The zero-order valence-corrected chi connectivity index (χ0v) is 14.0. The quantitative estimate of drug-likeness (QED) is 0.646. The highest BCUT2D eigenvalue weighted by molar-refractivity contribution is 5.78. The number of hydrogen-bond donors (Lipinski definition) is 1. The maximum atomic E-state index is 6.05. The van der Waals surface area contributed by atoms with Crippen molar-refractivity contribution in [1.82, 2.24) is 4.90 Å². The highest BCUT2D eigenvalue weighted by atomic mass is 16.5. The Kier molecular flexibility index (Phi) is 5.92. The molecule has 0 radical (unpaired) electrons. The van der Waals surface area contributed by atoms with Crippen LogP contribution in [0.3, 0.4) is 0 Å². The number of methoxy groups -OCH3 is 1. The largest absolute Gasteiger partial charge is 0.495 e. The van der Waals surface area contributed by atoms with E-state index in [0.717, 1.165) is 44.9 Å². The number of nitrogens with zero attached hydrogens (tertiary/aromatic N) is 3. The first kappa shape index (κ1) is 16.5. The highest BCUT2D eigenvalue weighted by Crippen LogP contribution is 2.31. The van der Waals surface area contributed by atoms with E-state index in [0.29, 0.717) is 11.9 Å². The molecular formula is C17H28N4O. The number of anilines is 1. The molecule has 2 rings (SSSR count). The average molecular weight is 304 g/mol. The van der Waals surface area contributed by atoms with E-state index in [1.165, 1.54) is 5.69 Å². The second-order valence-corrected chi connectivity index (χ2v) is 5.64. The number of rotatable bonds is 6. The van der Waals surface area contributed by atoms with Crippen molar-refractivity contribution in [1.29, 1.82) is 0 Å². The Hall–Kier alpha value is -1.91. The number of nitrogens with two attached hydrogens (primary N) is 1. The first-order chi connectivity index (χ1) is 10.7. The van der Waals surface area contributed by atoms with E-state index < -0.39 is 0 Å². The van der Waals surface area contributed by atoms with Gasteiger partial charge >= 0.3 is 0 Å². The standard InChI is InChI=1S/C17H28N4O/c1-4-20(5-2)17(18)19-12-14-10-11-21(13-14)15-8-6-7-9-16(15)22-3/h6-9,14H,4-5,10-13H2,1-3H3,(H2,18,19). The third-order valence-corrected chi connectivity index (χ3v) is 4.31. The minimum absolute atomic E-state index is 0.555. The fourth-order valence-corrected chi connectivity index (χ4v) is 2.96. The first-order valence-electron chi connectivity index (χ1n) is 8.12. The molecule has 0 aromatic heterocycles. The summed E-state index contributed by atoms with van der Waals surface area (Å²) in [4.78, 5) is 9.05. The third-order valence-electron chi connectivity index (χ3n) is 4.31. The zero-order chi connectivity index (χ0) is 15.9. The summed E-state index contributed by atoms with van der Waals surface area (Å²) >= 11 is 0. The van der Waals surface area contributed by atoms with Gasteiger partial charge in [-0.05, 0) is 38.3 Å². The summed E-state index contributed by atoms with van der Waals surface area (Å²) in [6.07, 6.45) is 1.15. The van der Waals surface area contributed by atoms with E-state index in [-0.39, 0.29) is 0 Å². The summed E-state index contributed by atoms with van der Waals surface area (Å²) < 4.78 is 5.46. The van der Waals surface area contributed by atoms with Gasteiger partial charge in [0.1, 0.15) is 5.75 Å². The van der Waals surface area contributed by atoms with Gasteiger partial charge < -0.3 is 20.3 Å². The van der Waals surface area contributed by atoms with Gasteiger partial charge in [0.15, 0.2) is 5.96 Å². The van der Waals surface area contributed by atoms with Crippen LogP contribution in [0.15, 0.2) is 29.3 Å². The Balaban J connectivity index is 1.94. The van der Waals surface area contributed by atoms with Gasteiger partial charge in [0, 0.05) is 32.7 Å². The molecule has 1 aliphatic heterocycles. The Bertz CT molecular complexity index is 499. The van der Waals surface area contributed by atoms with Gasteiger partial charge in [-0.2, -0.15) is 0 Å². The lowest BCUT2D eigenvalue weighted by molar-refractivity contribution is 0.414. The van der Waals surface area contributed by atoms with Crippen molar-refractivity contribution in [3.8, 4) is 5.75 Å². The molecular weight excluding hydrogens is 276 g/mol. The lowest BCUT2D eigenvalue weighted by atomic mass is 10.1. The number of guanidine groups is 1. The molecule has 0 aliphatic carbocycles. The van der Waals surface area contributed by atoms with Crippen molar-refractivity contribution in [3.05, 3.63) is 24.3 Å². The van der Waals surface area contributed by atoms with Crippen LogP contribution >= 0.6 is 0 Å². The average Bonchev–Trinajstić information content (AvgIpc) is 3.02. The summed E-state index contributed by atoms with van der Waals surface area (Å²) in [5, 5.41) is 0. The minimum atomic E-state index is 0.555. The molecule has 0 bridgehead atoms. The summed E-state index contributed by atoms with van der Waals surface area (Å²) in [5.74, 6) is 2.16. The summed E-state index contributed by atoms with van der Waals surface area (Å²) in [7, 11) is 1.72. The summed E-state index contributed by atoms with van der Waals surface area (Å²) in [6, 6.07) is 8.20. The lowest BCUT2D eigenvalue weighted by Crippen LogP contribution is -2.37. The van der Waals surface area contributed by atoms with Gasteiger partial charge in [-0.1, -0.05) is 12.1 Å². The molecule has 1 atom stereocenters. The van der Waals surface area contributed by atoms with Crippen LogP contribution in [0, 0.1) is 5.92 Å². The predicted octanol–water partition coefficient (Wildman–Crippen LogP) is 2.18. The van der Waals surface area contributed by atoms with E-state index in [2.05, 4.69) is 40.8 Å². The van der Waals surface area contributed by atoms with Crippen molar-refractivity contribution >= 4 is 11.6 Å². The second-order valence-electron chi connectivity index (χ2n) is 5.64. The zero-order valence-electron chi connectivity index (χ0n) is 14.0. The third kappa shape index (κ3) is 3.84. The molecule has 122 valence electrons.